The molecule has 1 aromatic carbocycles. The number of rotatable bonds is 3. The van der Waals surface area contributed by atoms with Crippen LogP contribution in [0.2, 0.25) is 0 Å². The zero-order valence-corrected chi connectivity index (χ0v) is 9.47. The van der Waals surface area contributed by atoms with Crippen molar-refractivity contribution in [3.63, 3.8) is 0 Å². The Bertz CT molecular complexity index is 638. The van der Waals surface area contributed by atoms with Crippen molar-refractivity contribution in [3.05, 3.63) is 33.9 Å². The van der Waals surface area contributed by atoms with Gasteiger partial charge in [-0.3, -0.25) is 15.5 Å². The molecule has 1 N–H and O–H groups in total. The Balaban J connectivity index is 3.28. The first-order valence-electron chi connectivity index (χ1n) is 4.79. The molecule has 0 amide bonds. The van der Waals surface area contributed by atoms with Crippen molar-refractivity contribution in [2.75, 3.05) is 5.43 Å². The van der Waals surface area contributed by atoms with E-state index in [0.29, 0.717) is 18.2 Å². The third-order valence-corrected chi connectivity index (χ3v) is 2.02. The molecule has 0 saturated carbocycles. The minimum Gasteiger partial charge on any atom is -0.270 e. The fraction of sp³-hybridized carbons (Fsp3) is 0.100. The van der Waals surface area contributed by atoms with Gasteiger partial charge in [-0.1, -0.05) is 0 Å². The lowest BCUT2D eigenvalue weighted by Gasteiger charge is -2.08. The molecule has 0 aliphatic rings. The van der Waals surface area contributed by atoms with Crippen LogP contribution in [0.1, 0.15) is 5.56 Å². The molecule has 0 heterocycles. The van der Waals surface area contributed by atoms with Crippen LogP contribution in [-0.2, 0) is 6.18 Å². The molecule has 0 radical (unpaired) electrons. The summed E-state index contributed by atoms with van der Waals surface area (Å²) in [5.41, 5.74) is -1.15. The first-order chi connectivity index (χ1) is 9.29. The van der Waals surface area contributed by atoms with Crippen molar-refractivity contribution in [2.24, 2.45) is 5.10 Å². The molecule has 0 unspecified atom stereocenters. The van der Waals surface area contributed by atoms with Gasteiger partial charge in [-0.25, -0.2) is 0 Å². The van der Waals surface area contributed by atoms with Gasteiger partial charge in [-0.05, 0) is 12.1 Å². The van der Waals surface area contributed by atoms with Crippen molar-refractivity contribution in [3.8, 4) is 12.1 Å². The molecule has 0 fully saturated rings. The van der Waals surface area contributed by atoms with Crippen LogP contribution in [0.4, 0.5) is 24.5 Å². The SMILES string of the molecule is N#CC(C#N)=NNc1cc(C(F)(F)F)ccc1[N+](=O)[O-]. The van der Waals surface area contributed by atoms with Crippen LogP contribution >= 0.6 is 0 Å². The summed E-state index contributed by atoms with van der Waals surface area (Å²) in [4.78, 5) is 9.75. The molecule has 0 atom stereocenters. The summed E-state index contributed by atoms with van der Waals surface area (Å²) in [7, 11) is 0. The maximum atomic E-state index is 12.5. The number of nitrogens with one attached hydrogen (secondary N) is 1. The summed E-state index contributed by atoms with van der Waals surface area (Å²) < 4.78 is 37.5. The Morgan fingerprint density at radius 2 is 1.95 bits per heavy atom. The smallest absolute Gasteiger partial charge is 0.270 e. The highest BCUT2D eigenvalue weighted by atomic mass is 19.4. The molecule has 0 aliphatic carbocycles. The third kappa shape index (κ3) is 3.43. The van der Waals surface area contributed by atoms with Crippen molar-refractivity contribution in [1.82, 2.24) is 0 Å². The number of benzene rings is 1. The molecule has 0 spiro atoms. The Kier molecular flexibility index (Phi) is 4.23. The van der Waals surface area contributed by atoms with Crippen molar-refractivity contribution >= 4 is 17.1 Å². The number of nitriles is 2. The largest absolute Gasteiger partial charge is 0.416 e. The zero-order valence-electron chi connectivity index (χ0n) is 9.47. The number of halogens is 3. The van der Waals surface area contributed by atoms with E-state index < -0.39 is 33.7 Å². The van der Waals surface area contributed by atoms with Gasteiger partial charge in [0.25, 0.3) is 5.69 Å². The predicted molar refractivity (Wildman–Crippen MR) is 60.4 cm³/mol. The van der Waals surface area contributed by atoms with Gasteiger partial charge in [0.1, 0.15) is 17.8 Å². The van der Waals surface area contributed by atoms with E-state index in [4.69, 9.17) is 10.5 Å². The summed E-state index contributed by atoms with van der Waals surface area (Å²) in [5.74, 6) is 0. The second-order valence-corrected chi connectivity index (χ2v) is 3.28. The molecule has 0 bridgehead atoms. The number of hydrogen-bond acceptors (Lipinski definition) is 6. The summed E-state index contributed by atoms with van der Waals surface area (Å²) in [5, 5.41) is 30.7. The van der Waals surface area contributed by atoms with E-state index in [2.05, 4.69) is 5.10 Å². The van der Waals surface area contributed by atoms with Crippen LogP contribution < -0.4 is 5.43 Å². The molecular weight excluding hydrogens is 279 g/mol. The Morgan fingerprint density at radius 3 is 2.40 bits per heavy atom. The number of nitrogens with zero attached hydrogens (tertiary/aromatic N) is 4. The van der Waals surface area contributed by atoms with E-state index in [1.165, 1.54) is 12.1 Å². The lowest BCUT2D eigenvalue weighted by Crippen LogP contribution is -2.07. The van der Waals surface area contributed by atoms with Gasteiger partial charge in [-0.2, -0.15) is 28.8 Å². The molecular formula is C10H4F3N5O2. The molecule has 0 saturated heterocycles. The van der Waals surface area contributed by atoms with Gasteiger partial charge < -0.3 is 0 Å². The summed E-state index contributed by atoms with van der Waals surface area (Å²) in [6, 6.07) is 4.36. The van der Waals surface area contributed by atoms with E-state index in [0.717, 1.165) is 0 Å². The monoisotopic (exact) mass is 283 g/mol. The summed E-state index contributed by atoms with van der Waals surface area (Å²) in [6.45, 7) is 0. The molecule has 7 nitrogen and oxygen atoms in total. The number of hydrazone groups is 1. The minimum absolute atomic E-state index is 0.466. The average Bonchev–Trinajstić information content (AvgIpc) is 2.38. The van der Waals surface area contributed by atoms with Crippen molar-refractivity contribution < 1.29 is 18.1 Å². The van der Waals surface area contributed by atoms with Gasteiger partial charge >= 0.3 is 6.18 Å². The number of alkyl halides is 3. The summed E-state index contributed by atoms with van der Waals surface area (Å²) in [6.07, 6.45) is -4.69. The highest BCUT2D eigenvalue weighted by molar-refractivity contribution is 6.10. The first kappa shape index (κ1) is 14.9. The molecule has 0 aliphatic heterocycles. The maximum Gasteiger partial charge on any atom is 0.416 e. The fourth-order valence-electron chi connectivity index (χ4n) is 1.15. The van der Waals surface area contributed by atoms with E-state index in [1.54, 1.807) is 0 Å². The Labute approximate surface area is 109 Å². The lowest BCUT2D eigenvalue weighted by atomic mass is 10.1. The van der Waals surface area contributed by atoms with Crippen LogP contribution in [-0.4, -0.2) is 10.6 Å². The van der Waals surface area contributed by atoms with Crippen LogP contribution in [0.15, 0.2) is 23.3 Å². The molecule has 1 rings (SSSR count). The number of nitro benzene ring substituents is 1. The lowest BCUT2D eigenvalue weighted by molar-refractivity contribution is -0.384. The van der Waals surface area contributed by atoms with Gasteiger partial charge in [-0.15, -0.1) is 0 Å². The maximum absolute atomic E-state index is 12.5. The molecule has 20 heavy (non-hydrogen) atoms. The van der Waals surface area contributed by atoms with Crippen LogP contribution in [0.5, 0.6) is 0 Å². The highest BCUT2D eigenvalue weighted by Gasteiger charge is 2.32. The van der Waals surface area contributed by atoms with Gasteiger partial charge in [0, 0.05) is 6.07 Å². The Morgan fingerprint density at radius 1 is 1.35 bits per heavy atom. The number of anilines is 1. The quantitative estimate of drug-likeness (QED) is 0.519. The van der Waals surface area contributed by atoms with E-state index >= 15 is 0 Å². The molecule has 102 valence electrons. The van der Waals surface area contributed by atoms with E-state index in [1.807, 2.05) is 5.43 Å². The van der Waals surface area contributed by atoms with Crippen LogP contribution in [0, 0.1) is 32.8 Å². The topological polar surface area (TPSA) is 115 Å². The van der Waals surface area contributed by atoms with Gasteiger partial charge in [0.2, 0.25) is 5.71 Å². The second kappa shape index (κ2) is 5.67. The highest BCUT2D eigenvalue weighted by Crippen LogP contribution is 2.34. The van der Waals surface area contributed by atoms with Gasteiger partial charge in [0.05, 0.1) is 10.5 Å². The third-order valence-electron chi connectivity index (χ3n) is 2.02. The fourth-order valence-corrected chi connectivity index (χ4v) is 1.15. The summed E-state index contributed by atoms with van der Waals surface area (Å²) >= 11 is 0. The normalized spacial score (nSPS) is 10.1. The van der Waals surface area contributed by atoms with Crippen molar-refractivity contribution in [2.45, 2.75) is 6.18 Å². The second-order valence-electron chi connectivity index (χ2n) is 3.28. The standard InChI is InChI=1S/C10H4F3N5O2/c11-10(12,13)6-1-2-9(18(19)20)8(3-6)17-16-7(4-14)5-15/h1-3,17H. The minimum atomic E-state index is -4.69. The number of nitro groups is 1. The zero-order chi connectivity index (χ0) is 15.3. The average molecular weight is 283 g/mol. The molecule has 1 aromatic rings. The van der Waals surface area contributed by atoms with E-state index in [-0.39, 0.29) is 0 Å². The van der Waals surface area contributed by atoms with Crippen molar-refractivity contribution in [1.29, 1.82) is 10.5 Å². The molecule has 0 aromatic heterocycles. The van der Waals surface area contributed by atoms with Crippen LogP contribution in [0.25, 0.3) is 0 Å². The van der Waals surface area contributed by atoms with E-state index in [9.17, 15) is 23.3 Å². The predicted octanol–water partition coefficient (Wildman–Crippen LogP) is 2.43. The van der Waals surface area contributed by atoms with Crippen LogP contribution in [0.3, 0.4) is 0 Å². The number of hydrogen-bond donors (Lipinski definition) is 1. The molecule has 10 heteroatoms. The Hall–Kier alpha value is -3.14. The van der Waals surface area contributed by atoms with Gasteiger partial charge in [0.15, 0.2) is 0 Å². The first-order valence-corrected chi connectivity index (χ1v) is 4.79.